The first-order chi connectivity index (χ1) is 11.1. The Morgan fingerprint density at radius 1 is 1.43 bits per heavy atom. The van der Waals surface area contributed by atoms with Crippen LogP contribution in [0.25, 0.3) is 11.1 Å². The highest BCUT2D eigenvalue weighted by Gasteiger charge is 2.16. The number of nitrogens with zero attached hydrogens (tertiary/aromatic N) is 1. The molecule has 8 heteroatoms. The molecule has 1 saturated heterocycles. The van der Waals surface area contributed by atoms with E-state index in [1.54, 1.807) is 18.2 Å². The first-order valence-corrected chi connectivity index (χ1v) is 7.86. The fraction of sp³-hybridized carbons (Fsp3) is 0.467. The number of aryl methyl sites for hydroxylation is 1. The molecular weight excluding hydrogens is 324 g/mol. The Labute approximate surface area is 137 Å². The van der Waals surface area contributed by atoms with Crippen LogP contribution in [0.15, 0.2) is 27.4 Å². The lowest BCUT2D eigenvalue weighted by molar-refractivity contribution is -0.200. The van der Waals surface area contributed by atoms with Crippen molar-refractivity contribution >= 4 is 28.6 Å². The summed E-state index contributed by atoms with van der Waals surface area (Å²) in [6.07, 6.45) is 2.47. The topological polar surface area (TPSA) is 82.7 Å². The Hall–Kier alpha value is -1.83. The third-order valence-corrected chi connectivity index (χ3v) is 3.87. The maximum absolute atomic E-state index is 11.8. The lowest BCUT2D eigenvalue weighted by atomic mass is 10.2. The fourth-order valence-corrected chi connectivity index (χ4v) is 2.61. The first kappa shape index (κ1) is 16.0. The van der Waals surface area contributed by atoms with Crippen molar-refractivity contribution in [3.05, 3.63) is 33.8 Å². The van der Waals surface area contributed by atoms with Crippen LogP contribution in [-0.2, 0) is 20.9 Å². The molecule has 0 radical (unpaired) electrons. The smallest absolute Gasteiger partial charge is 0.408 e. The summed E-state index contributed by atoms with van der Waals surface area (Å²) in [6, 6.07) is 4.92. The second-order valence-corrected chi connectivity index (χ2v) is 5.76. The molecule has 23 heavy (non-hydrogen) atoms. The third kappa shape index (κ3) is 3.93. The first-order valence-electron chi connectivity index (χ1n) is 7.48. The minimum atomic E-state index is -0.522. The molecule has 2 heterocycles. The van der Waals surface area contributed by atoms with Crippen LogP contribution in [-0.4, -0.2) is 23.4 Å². The van der Waals surface area contributed by atoms with Crippen molar-refractivity contribution in [2.75, 3.05) is 6.61 Å². The molecule has 1 aromatic carbocycles. The summed E-state index contributed by atoms with van der Waals surface area (Å²) < 4.78 is 11.8. The average Bonchev–Trinajstić information content (AvgIpc) is 2.86. The van der Waals surface area contributed by atoms with Crippen molar-refractivity contribution in [1.82, 2.24) is 10.0 Å². The number of oxazole rings is 1. The standard InChI is InChI=1S/C15H17ClN2O5/c16-10-4-5-11-12(9-10)22-15(20)18(11)7-6-13(19)17-23-14-3-1-2-8-21-14/h4-5,9,14H,1-3,6-8H2,(H,17,19)/t14-/m0/s1. The van der Waals surface area contributed by atoms with Crippen molar-refractivity contribution in [2.24, 2.45) is 0 Å². The van der Waals surface area contributed by atoms with Crippen LogP contribution < -0.4 is 11.2 Å². The molecule has 0 bridgehead atoms. The number of rotatable bonds is 5. The van der Waals surface area contributed by atoms with Gasteiger partial charge in [0.05, 0.1) is 5.52 Å². The molecule has 2 aromatic rings. The van der Waals surface area contributed by atoms with Crippen LogP contribution in [0.5, 0.6) is 0 Å². The van der Waals surface area contributed by atoms with Gasteiger partial charge in [0.15, 0.2) is 11.9 Å². The predicted octanol–water partition coefficient (Wildman–Crippen LogP) is 2.21. The van der Waals surface area contributed by atoms with Gasteiger partial charge in [-0.25, -0.2) is 15.1 Å². The molecule has 124 valence electrons. The molecule has 7 nitrogen and oxygen atoms in total. The number of halogens is 1. The number of hydroxylamine groups is 1. The summed E-state index contributed by atoms with van der Waals surface area (Å²) in [5.74, 6) is -0.846. The van der Waals surface area contributed by atoms with Crippen molar-refractivity contribution in [3.8, 4) is 0 Å². The molecule has 1 aliphatic heterocycles. The van der Waals surface area contributed by atoms with Crippen LogP contribution in [0.3, 0.4) is 0 Å². The quantitative estimate of drug-likeness (QED) is 0.844. The van der Waals surface area contributed by atoms with E-state index in [-0.39, 0.29) is 18.9 Å². The minimum Gasteiger partial charge on any atom is -0.408 e. The number of hydrogen-bond donors (Lipinski definition) is 1. The van der Waals surface area contributed by atoms with Gasteiger partial charge in [0.25, 0.3) is 0 Å². The zero-order chi connectivity index (χ0) is 16.2. The Morgan fingerprint density at radius 3 is 3.09 bits per heavy atom. The SMILES string of the molecule is O=C(CCn1c(=O)oc2cc(Cl)ccc21)NO[C@H]1CCCCO1. The highest BCUT2D eigenvalue weighted by Crippen LogP contribution is 2.18. The summed E-state index contributed by atoms with van der Waals surface area (Å²) in [4.78, 5) is 28.9. The van der Waals surface area contributed by atoms with E-state index in [0.29, 0.717) is 22.7 Å². The molecule has 0 aliphatic carbocycles. The summed E-state index contributed by atoms with van der Waals surface area (Å²) in [6.45, 7) is 0.827. The highest BCUT2D eigenvalue weighted by atomic mass is 35.5. The van der Waals surface area contributed by atoms with Gasteiger partial charge < -0.3 is 9.15 Å². The van der Waals surface area contributed by atoms with Crippen LogP contribution in [0.1, 0.15) is 25.7 Å². The lowest BCUT2D eigenvalue weighted by Gasteiger charge is -2.22. The number of ether oxygens (including phenoxy) is 1. The lowest BCUT2D eigenvalue weighted by Crippen LogP contribution is -2.33. The van der Waals surface area contributed by atoms with Gasteiger partial charge in [-0.1, -0.05) is 11.6 Å². The van der Waals surface area contributed by atoms with Crippen molar-refractivity contribution in [3.63, 3.8) is 0 Å². The van der Waals surface area contributed by atoms with Crippen molar-refractivity contribution in [1.29, 1.82) is 0 Å². The molecule has 0 unspecified atom stereocenters. The molecule has 1 atom stereocenters. The molecular formula is C15H17ClN2O5. The molecule has 3 rings (SSSR count). The number of benzene rings is 1. The maximum atomic E-state index is 11.8. The van der Waals surface area contributed by atoms with E-state index in [4.69, 9.17) is 25.6 Å². The van der Waals surface area contributed by atoms with E-state index in [1.807, 2.05) is 0 Å². The van der Waals surface area contributed by atoms with E-state index in [1.165, 1.54) is 4.57 Å². The van der Waals surface area contributed by atoms with Gasteiger partial charge in [-0.05, 0) is 25.0 Å². The second-order valence-electron chi connectivity index (χ2n) is 5.32. The van der Waals surface area contributed by atoms with Crippen LogP contribution in [0.4, 0.5) is 0 Å². The molecule has 1 aromatic heterocycles. The largest absolute Gasteiger partial charge is 0.419 e. The second kappa shape index (κ2) is 7.16. The summed E-state index contributed by atoms with van der Waals surface area (Å²) >= 11 is 5.86. The summed E-state index contributed by atoms with van der Waals surface area (Å²) in [7, 11) is 0. The third-order valence-electron chi connectivity index (χ3n) is 3.63. The van der Waals surface area contributed by atoms with Crippen molar-refractivity contribution < 1.29 is 18.8 Å². The fourth-order valence-electron chi connectivity index (χ4n) is 2.45. The van der Waals surface area contributed by atoms with Gasteiger partial charge in [0.1, 0.15) is 0 Å². The molecule has 1 aliphatic rings. The summed E-state index contributed by atoms with van der Waals surface area (Å²) in [5, 5.41) is 0.483. The van der Waals surface area contributed by atoms with Gasteiger partial charge in [-0.15, -0.1) is 0 Å². The molecule has 0 saturated carbocycles. The van der Waals surface area contributed by atoms with Crippen molar-refractivity contribution in [2.45, 2.75) is 38.5 Å². The van der Waals surface area contributed by atoms with Gasteiger partial charge >= 0.3 is 5.76 Å². The number of nitrogens with one attached hydrogen (secondary N) is 1. The van der Waals surface area contributed by atoms with Gasteiger partial charge in [-0.2, -0.15) is 0 Å². The zero-order valence-corrected chi connectivity index (χ0v) is 13.2. The van der Waals surface area contributed by atoms with E-state index in [2.05, 4.69) is 5.48 Å². The normalized spacial score (nSPS) is 18.2. The van der Waals surface area contributed by atoms with E-state index in [9.17, 15) is 9.59 Å². The number of carbonyl (C=O) groups excluding carboxylic acids is 1. The summed E-state index contributed by atoms with van der Waals surface area (Å²) in [5.41, 5.74) is 3.36. The number of fused-ring (bicyclic) bond motifs is 1. The predicted molar refractivity (Wildman–Crippen MR) is 82.9 cm³/mol. The van der Waals surface area contributed by atoms with Crippen LogP contribution in [0.2, 0.25) is 5.02 Å². The average molecular weight is 341 g/mol. The van der Waals surface area contributed by atoms with Crippen LogP contribution in [0, 0.1) is 0 Å². The van der Waals surface area contributed by atoms with Crippen LogP contribution >= 0.6 is 11.6 Å². The Kier molecular flexibility index (Phi) is 5.00. The van der Waals surface area contributed by atoms with Gasteiger partial charge in [0.2, 0.25) is 5.91 Å². The van der Waals surface area contributed by atoms with E-state index in [0.717, 1.165) is 19.3 Å². The molecule has 0 spiro atoms. The monoisotopic (exact) mass is 340 g/mol. The number of carbonyl (C=O) groups is 1. The Balaban J connectivity index is 1.56. The van der Waals surface area contributed by atoms with Gasteiger partial charge in [0, 0.05) is 37.1 Å². The van der Waals surface area contributed by atoms with Gasteiger partial charge in [-0.3, -0.25) is 9.36 Å². The number of aromatic nitrogens is 1. The molecule has 1 fully saturated rings. The minimum absolute atomic E-state index is 0.0872. The maximum Gasteiger partial charge on any atom is 0.419 e. The van der Waals surface area contributed by atoms with E-state index >= 15 is 0 Å². The number of amides is 1. The Morgan fingerprint density at radius 2 is 2.30 bits per heavy atom. The molecule has 1 N–H and O–H groups in total. The zero-order valence-electron chi connectivity index (χ0n) is 12.4. The molecule has 1 amide bonds. The van der Waals surface area contributed by atoms with E-state index < -0.39 is 12.0 Å². The Bertz CT molecular complexity index is 748. The number of hydrogen-bond acceptors (Lipinski definition) is 5. The highest BCUT2D eigenvalue weighted by molar-refractivity contribution is 6.31.